The van der Waals surface area contributed by atoms with Crippen molar-refractivity contribution in [2.24, 2.45) is 0 Å². The lowest BCUT2D eigenvalue weighted by Gasteiger charge is -2.22. The van der Waals surface area contributed by atoms with E-state index in [0.717, 1.165) is 5.75 Å². The van der Waals surface area contributed by atoms with Crippen LogP contribution >= 0.6 is 0 Å². The molecular formula is C15H22N2O4S. The third-order valence-electron chi connectivity index (χ3n) is 3.66. The molecule has 1 saturated heterocycles. The van der Waals surface area contributed by atoms with Crippen molar-refractivity contribution >= 4 is 15.7 Å². The second-order valence-corrected chi connectivity index (χ2v) is 7.71. The van der Waals surface area contributed by atoms with Crippen molar-refractivity contribution in [1.29, 1.82) is 0 Å². The summed E-state index contributed by atoms with van der Waals surface area (Å²) in [5.74, 6) is 1.01. The minimum Gasteiger partial charge on any atom is -0.492 e. The van der Waals surface area contributed by atoms with Crippen molar-refractivity contribution < 1.29 is 17.9 Å². The summed E-state index contributed by atoms with van der Waals surface area (Å²) in [7, 11) is -1.14. The third kappa shape index (κ3) is 5.31. The van der Waals surface area contributed by atoms with Gasteiger partial charge in [-0.3, -0.25) is 9.69 Å². The number of nitrogens with one attached hydrogen (secondary N) is 1. The molecule has 122 valence electrons. The maximum absolute atomic E-state index is 11.8. The summed E-state index contributed by atoms with van der Waals surface area (Å²) < 4.78 is 28.3. The van der Waals surface area contributed by atoms with Crippen LogP contribution in [0.2, 0.25) is 0 Å². The summed E-state index contributed by atoms with van der Waals surface area (Å²) in [5, 5.41) is 2.77. The van der Waals surface area contributed by atoms with Crippen molar-refractivity contribution in [3.63, 3.8) is 0 Å². The van der Waals surface area contributed by atoms with Gasteiger partial charge in [-0.1, -0.05) is 18.2 Å². The summed E-state index contributed by atoms with van der Waals surface area (Å²) in [5.41, 5.74) is 0. The normalized spacial score (nSPS) is 20.0. The average molecular weight is 326 g/mol. The lowest BCUT2D eigenvalue weighted by Crippen LogP contribution is -2.42. The molecule has 1 amide bonds. The molecule has 1 aliphatic rings. The Balaban J connectivity index is 1.63. The van der Waals surface area contributed by atoms with Gasteiger partial charge in [0.1, 0.15) is 12.4 Å². The van der Waals surface area contributed by atoms with E-state index < -0.39 is 9.84 Å². The van der Waals surface area contributed by atoms with Gasteiger partial charge in [0, 0.05) is 6.04 Å². The van der Waals surface area contributed by atoms with Gasteiger partial charge in [-0.15, -0.1) is 0 Å². The Labute approximate surface area is 131 Å². The van der Waals surface area contributed by atoms with Gasteiger partial charge in [0.15, 0.2) is 9.84 Å². The zero-order chi connectivity index (χ0) is 16.0. The SMILES string of the molecule is CN(CC(=O)NCCOc1ccccc1)C1CCS(=O)(=O)C1. The number of benzene rings is 1. The molecular weight excluding hydrogens is 304 g/mol. The number of amides is 1. The highest BCUT2D eigenvalue weighted by molar-refractivity contribution is 7.91. The summed E-state index contributed by atoms with van der Waals surface area (Å²) in [6.07, 6.45) is 0.600. The van der Waals surface area contributed by atoms with Crippen LogP contribution in [-0.4, -0.2) is 63.5 Å². The van der Waals surface area contributed by atoms with E-state index in [1.807, 2.05) is 30.3 Å². The van der Waals surface area contributed by atoms with Crippen LogP contribution in [-0.2, 0) is 14.6 Å². The molecule has 0 aliphatic carbocycles. The predicted molar refractivity (Wildman–Crippen MR) is 84.6 cm³/mol. The number of ether oxygens (including phenoxy) is 1. The van der Waals surface area contributed by atoms with Crippen LogP contribution < -0.4 is 10.1 Å². The summed E-state index contributed by atoms with van der Waals surface area (Å²) in [6, 6.07) is 9.34. The van der Waals surface area contributed by atoms with Crippen molar-refractivity contribution in [2.45, 2.75) is 12.5 Å². The predicted octanol–water partition coefficient (Wildman–Crippen LogP) is 0.300. The maximum atomic E-state index is 11.8. The Morgan fingerprint density at radius 2 is 2.09 bits per heavy atom. The summed E-state index contributed by atoms with van der Waals surface area (Å²) in [4.78, 5) is 13.6. The molecule has 0 aromatic heterocycles. The standard InChI is InChI=1S/C15H22N2O4S/c1-17(13-7-10-22(19,20)12-13)11-15(18)16-8-9-21-14-5-3-2-4-6-14/h2-6,13H,7-12H2,1H3,(H,16,18). The van der Waals surface area contributed by atoms with Gasteiger partial charge in [-0.05, 0) is 25.6 Å². The Hall–Kier alpha value is -1.60. The molecule has 22 heavy (non-hydrogen) atoms. The van der Waals surface area contributed by atoms with Gasteiger partial charge in [0.25, 0.3) is 0 Å². The van der Waals surface area contributed by atoms with Crippen LogP contribution in [0.3, 0.4) is 0 Å². The maximum Gasteiger partial charge on any atom is 0.234 e. The molecule has 6 nitrogen and oxygen atoms in total. The molecule has 0 bridgehead atoms. The fourth-order valence-electron chi connectivity index (χ4n) is 2.41. The van der Waals surface area contributed by atoms with E-state index in [2.05, 4.69) is 5.32 Å². The monoisotopic (exact) mass is 326 g/mol. The van der Waals surface area contributed by atoms with E-state index in [0.29, 0.717) is 19.6 Å². The number of para-hydroxylation sites is 1. The third-order valence-corrected chi connectivity index (χ3v) is 5.41. The van der Waals surface area contributed by atoms with Crippen molar-refractivity contribution in [1.82, 2.24) is 10.2 Å². The molecule has 1 fully saturated rings. The topological polar surface area (TPSA) is 75.7 Å². The molecule has 0 spiro atoms. The van der Waals surface area contributed by atoms with Gasteiger partial charge in [-0.25, -0.2) is 8.42 Å². The number of rotatable bonds is 7. The fraction of sp³-hybridized carbons (Fsp3) is 0.533. The van der Waals surface area contributed by atoms with E-state index in [-0.39, 0.29) is 30.0 Å². The zero-order valence-electron chi connectivity index (χ0n) is 12.7. The first-order valence-electron chi connectivity index (χ1n) is 7.31. The summed E-state index contributed by atoms with van der Waals surface area (Å²) >= 11 is 0. The first-order valence-corrected chi connectivity index (χ1v) is 9.13. The van der Waals surface area contributed by atoms with Gasteiger partial charge < -0.3 is 10.1 Å². The Kier molecular flexibility index (Phi) is 5.79. The number of hydrogen-bond acceptors (Lipinski definition) is 5. The molecule has 1 heterocycles. The zero-order valence-corrected chi connectivity index (χ0v) is 13.5. The molecule has 2 rings (SSSR count). The first kappa shape index (κ1) is 16.8. The highest BCUT2D eigenvalue weighted by Crippen LogP contribution is 2.15. The van der Waals surface area contributed by atoms with Gasteiger partial charge in [0.05, 0.1) is 24.6 Å². The second kappa shape index (κ2) is 7.60. The Bertz CT molecular complexity index is 589. The molecule has 1 aromatic rings. The number of likely N-dealkylation sites (N-methyl/N-ethyl adjacent to an activating group) is 1. The van der Waals surface area contributed by atoms with Crippen LogP contribution in [0.5, 0.6) is 5.75 Å². The number of hydrogen-bond donors (Lipinski definition) is 1. The van der Waals surface area contributed by atoms with Crippen LogP contribution in [0.1, 0.15) is 6.42 Å². The lowest BCUT2D eigenvalue weighted by atomic mass is 10.2. The van der Waals surface area contributed by atoms with Gasteiger partial charge in [-0.2, -0.15) is 0 Å². The van der Waals surface area contributed by atoms with E-state index in [9.17, 15) is 13.2 Å². The van der Waals surface area contributed by atoms with Crippen LogP contribution in [0.15, 0.2) is 30.3 Å². The molecule has 1 unspecified atom stereocenters. The molecule has 7 heteroatoms. The Morgan fingerprint density at radius 3 is 2.73 bits per heavy atom. The van der Waals surface area contributed by atoms with E-state index in [1.54, 1.807) is 11.9 Å². The number of nitrogens with zero attached hydrogens (tertiary/aromatic N) is 1. The lowest BCUT2D eigenvalue weighted by molar-refractivity contribution is -0.122. The molecule has 1 atom stereocenters. The fourth-order valence-corrected chi connectivity index (χ4v) is 4.22. The number of sulfone groups is 1. The highest BCUT2D eigenvalue weighted by Gasteiger charge is 2.31. The van der Waals surface area contributed by atoms with Crippen LogP contribution in [0.4, 0.5) is 0 Å². The van der Waals surface area contributed by atoms with Gasteiger partial charge in [0.2, 0.25) is 5.91 Å². The average Bonchev–Trinajstić information content (AvgIpc) is 2.85. The van der Waals surface area contributed by atoms with Crippen LogP contribution in [0.25, 0.3) is 0 Å². The van der Waals surface area contributed by atoms with E-state index in [1.165, 1.54) is 0 Å². The highest BCUT2D eigenvalue weighted by atomic mass is 32.2. The van der Waals surface area contributed by atoms with Gasteiger partial charge >= 0.3 is 0 Å². The molecule has 1 aromatic carbocycles. The molecule has 1 N–H and O–H groups in total. The molecule has 0 radical (unpaired) electrons. The van der Waals surface area contributed by atoms with E-state index >= 15 is 0 Å². The quantitative estimate of drug-likeness (QED) is 0.730. The minimum absolute atomic E-state index is 0.0590. The van der Waals surface area contributed by atoms with E-state index in [4.69, 9.17) is 4.74 Å². The minimum atomic E-state index is -2.92. The molecule has 0 saturated carbocycles. The largest absolute Gasteiger partial charge is 0.492 e. The van der Waals surface area contributed by atoms with Crippen LogP contribution in [0, 0.1) is 0 Å². The smallest absolute Gasteiger partial charge is 0.234 e. The second-order valence-electron chi connectivity index (χ2n) is 5.48. The number of carbonyl (C=O) groups excluding carboxylic acids is 1. The number of carbonyl (C=O) groups is 1. The summed E-state index contributed by atoms with van der Waals surface area (Å²) in [6.45, 7) is 1.02. The Morgan fingerprint density at radius 1 is 1.36 bits per heavy atom. The first-order chi connectivity index (χ1) is 10.5. The van der Waals surface area contributed by atoms with Crippen molar-refractivity contribution in [3.05, 3.63) is 30.3 Å². The van der Waals surface area contributed by atoms with Crippen molar-refractivity contribution in [3.8, 4) is 5.75 Å². The van der Waals surface area contributed by atoms with Crippen molar-refractivity contribution in [2.75, 3.05) is 38.2 Å². The molecule has 1 aliphatic heterocycles.